The van der Waals surface area contributed by atoms with Crippen LogP contribution < -0.4 is 4.90 Å². The molecule has 22 heavy (non-hydrogen) atoms. The highest BCUT2D eigenvalue weighted by atomic mass is 16.5. The van der Waals surface area contributed by atoms with E-state index in [9.17, 15) is 0 Å². The summed E-state index contributed by atoms with van der Waals surface area (Å²) in [5.41, 5.74) is 0. The van der Waals surface area contributed by atoms with E-state index in [0.29, 0.717) is 11.8 Å². The van der Waals surface area contributed by atoms with Crippen LogP contribution in [0.1, 0.15) is 36.3 Å². The van der Waals surface area contributed by atoms with Gasteiger partial charge in [-0.05, 0) is 18.9 Å². The maximum absolute atomic E-state index is 5.02. The highest BCUT2D eigenvalue weighted by Gasteiger charge is 2.27. The lowest BCUT2D eigenvalue weighted by Gasteiger charge is -2.34. The number of rotatable bonds is 4. The quantitative estimate of drug-likeness (QED) is 0.844. The molecule has 0 radical (unpaired) electrons. The van der Waals surface area contributed by atoms with Crippen LogP contribution in [0.4, 0.5) is 5.82 Å². The highest BCUT2D eigenvalue weighted by Crippen LogP contribution is 2.38. The summed E-state index contributed by atoms with van der Waals surface area (Å²) in [6.07, 6.45) is 4.37. The molecular formula is C15H20N6O. The van der Waals surface area contributed by atoms with Crippen LogP contribution in [0, 0.1) is 6.92 Å². The molecule has 2 aliphatic rings. The molecule has 2 aromatic rings. The fraction of sp³-hybridized carbons (Fsp3) is 0.600. The normalized spacial score (nSPS) is 19.6. The van der Waals surface area contributed by atoms with Crippen LogP contribution in [0.5, 0.6) is 0 Å². The van der Waals surface area contributed by atoms with Crippen molar-refractivity contribution in [2.75, 3.05) is 31.1 Å². The van der Waals surface area contributed by atoms with Crippen molar-refractivity contribution in [1.29, 1.82) is 0 Å². The first-order valence-electron chi connectivity index (χ1n) is 7.87. The first-order chi connectivity index (χ1) is 10.8. The van der Waals surface area contributed by atoms with Crippen molar-refractivity contribution in [2.45, 2.75) is 32.2 Å². The van der Waals surface area contributed by atoms with Crippen molar-refractivity contribution in [1.82, 2.24) is 25.0 Å². The predicted molar refractivity (Wildman–Crippen MR) is 80.5 cm³/mol. The number of hydrogen-bond donors (Lipinski definition) is 0. The maximum atomic E-state index is 5.02. The Morgan fingerprint density at radius 1 is 1.18 bits per heavy atom. The van der Waals surface area contributed by atoms with Gasteiger partial charge in [0.1, 0.15) is 11.6 Å². The van der Waals surface area contributed by atoms with Gasteiger partial charge in [-0.3, -0.25) is 4.90 Å². The molecule has 7 nitrogen and oxygen atoms in total. The Balaban J connectivity index is 1.36. The highest BCUT2D eigenvalue weighted by molar-refractivity contribution is 5.38. The van der Waals surface area contributed by atoms with E-state index >= 15 is 0 Å². The number of aromatic nitrogens is 4. The minimum atomic E-state index is 0.600. The third kappa shape index (κ3) is 2.94. The molecule has 1 saturated carbocycles. The summed E-state index contributed by atoms with van der Waals surface area (Å²) in [4.78, 5) is 18.1. The zero-order valence-corrected chi connectivity index (χ0v) is 12.8. The molecule has 4 rings (SSSR count). The number of piperazine rings is 1. The summed E-state index contributed by atoms with van der Waals surface area (Å²) in [7, 11) is 0. The fourth-order valence-electron chi connectivity index (χ4n) is 2.82. The summed E-state index contributed by atoms with van der Waals surface area (Å²) in [5.74, 6) is 4.07. The lowest BCUT2D eigenvalue weighted by molar-refractivity contribution is 0.239. The summed E-state index contributed by atoms with van der Waals surface area (Å²) in [6, 6.07) is 2.02. The SMILES string of the molecule is Cc1nc(CN2CCN(c3ccnc(C4CC4)n3)CC2)no1. The number of hydrogen-bond acceptors (Lipinski definition) is 7. The van der Waals surface area contributed by atoms with Crippen molar-refractivity contribution in [3.63, 3.8) is 0 Å². The van der Waals surface area contributed by atoms with Crippen LogP contribution >= 0.6 is 0 Å². The van der Waals surface area contributed by atoms with E-state index in [1.807, 2.05) is 19.2 Å². The van der Waals surface area contributed by atoms with Crippen LogP contribution in [0.25, 0.3) is 0 Å². The van der Waals surface area contributed by atoms with Gasteiger partial charge in [-0.1, -0.05) is 5.16 Å². The second-order valence-electron chi connectivity index (χ2n) is 6.04. The van der Waals surface area contributed by atoms with E-state index < -0.39 is 0 Å². The molecule has 0 bridgehead atoms. The Labute approximate surface area is 129 Å². The summed E-state index contributed by atoms with van der Waals surface area (Å²) < 4.78 is 5.02. The van der Waals surface area contributed by atoms with E-state index in [4.69, 9.17) is 9.51 Å². The molecule has 0 spiro atoms. The molecular weight excluding hydrogens is 280 g/mol. The standard InChI is InChI=1S/C15H20N6O/c1-11-17-13(19-22-11)10-20-6-8-21(9-7-20)14-4-5-16-15(18-14)12-2-3-12/h4-5,12H,2-3,6-10H2,1H3. The third-order valence-corrected chi connectivity index (χ3v) is 4.23. The van der Waals surface area contributed by atoms with Crippen LogP contribution in [-0.2, 0) is 6.54 Å². The van der Waals surface area contributed by atoms with Crippen molar-refractivity contribution in [2.24, 2.45) is 0 Å². The van der Waals surface area contributed by atoms with E-state index in [2.05, 4.69) is 24.9 Å². The largest absolute Gasteiger partial charge is 0.354 e. The molecule has 1 aliphatic heterocycles. The smallest absolute Gasteiger partial charge is 0.223 e. The Hall–Kier alpha value is -2.02. The molecule has 2 aromatic heterocycles. The molecule has 2 fully saturated rings. The zero-order chi connectivity index (χ0) is 14.9. The molecule has 116 valence electrons. The van der Waals surface area contributed by atoms with Gasteiger partial charge in [0.25, 0.3) is 0 Å². The summed E-state index contributed by atoms with van der Waals surface area (Å²) >= 11 is 0. The van der Waals surface area contributed by atoms with Gasteiger partial charge in [-0.25, -0.2) is 9.97 Å². The molecule has 0 amide bonds. The van der Waals surface area contributed by atoms with E-state index in [0.717, 1.165) is 50.2 Å². The van der Waals surface area contributed by atoms with Crippen molar-refractivity contribution < 1.29 is 4.52 Å². The average Bonchev–Trinajstić information content (AvgIpc) is 3.32. The van der Waals surface area contributed by atoms with Crippen molar-refractivity contribution >= 4 is 5.82 Å². The van der Waals surface area contributed by atoms with Crippen molar-refractivity contribution in [3.05, 3.63) is 29.8 Å². The van der Waals surface area contributed by atoms with Crippen LogP contribution in [0.15, 0.2) is 16.8 Å². The number of anilines is 1. The van der Waals surface area contributed by atoms with Crippen LogP contribution in [0.3, 0.4) is 0 Å². The minimum absolute atomic E-state index is 0.600. The van der Waals surface area contributed by atoms with Gasteiger partial charge in [0, 0.05) is 45.2 Å². The molecule has 3 heterocycles. The Bertz CT molecular complexity index is 645. The minimum Gasteiger partial charge on any atom is -0.354 e. The van der Waals surface area contributed by atoms with E-state index in [1.165, 1.54) is 12.8 Å². The second kappa shape index (κ2) is 5.64. The van der Waals surface area contributed by atoms with Gasteiger partial charge in [-0.15, -0.1) is 0 Å². The topological polar surface area (TPSA) is 71.2 Å². The van der Waals surface area contributed by atoms with Crippen LogP contribution in [0.2, 0.25) is 0 Å². The van der Waals surface area contributed by atoms with Gasteiger partial charge >= 0.3 is 0 Å². The fourth-order valence-corrected chi connectivity index (χ4v) is 2.82. The lowest BCUT2D eigenvalue weighted by Crippen LogP contribution is -2.46. The molecule has 7 heteroatoms. The second-order valence-corrected chi connectivity index (χ2v) is 6.04. The number of nitrogens with zero attached hydrogens (tertiary/aromatic N) is 6. The molecule has 0 unspecified atom stereocenters. The third-order valence-electron chi connectivity index (χ3n) is 4.23. The van der Waals surface area contributed by atoms with E-state index in [-0.39, 0.29) is 0 Å². The van der Waals surface area contributed by atoms with Gasteiger partial charge in [0.15, 0.2) is 5.82 Å². The summed E-state index contributed by atoms with van der Waals surface area (Å²) in [5, 5.41) is 3.96. The molecule has 0 aromatic carbocycles. The molecule has 0 N–H and O–H groups in total. The van der Waals surface area contributed by atoms with Gasteiger partial charge in [-0.2, -0.15) is 4.98 Å². The predicted octanol–water partition coefficient (Wildman–Crippen LogP) is 1.37. The van der Waals surface area contributed by atoms with Crippen molar-refractivity contribution in [3.8, 4) is 0 Å². The number of aryl methyl sites for hydroxylation is 1. The van der Waals surface area contributed by atoms with Gasteiger partial charge in [0.2, 0.25) is 5.89 Å². The molecule has 1 saturated heterocycles. The lowest BCUT2D eigenvalue weighted by atomic mass is 10.3. The Morgan fingerprint density at radius 3 is 2.68 bits per heavy atom. The molecule has 0 atom stereocenters. The summed E-state index contributed by atoms with van der Waals surface area (Å²) in [6.45, 7) is 6.48. The maximum Gasteiger partial charge on any atom is 0.223 e. The first kappa shape index (κ1) is 13.6. The Morgan fingerprint density at radius 2 is 2.00 bits per heavy atom. The Kier molecular flexibility index (Phi) is 3.49. The van der Waals surface area contributed by atoms with Gasteiger partial charge < -0.3 is 9.42 Å². The molecule has 1 aliphatic carbocycles. The first-order valence-corrected chi connectivity index (χ1v) is 7.87. The van der Waals surface area contributed by atoms with Gasteiger partial charge in [0.05, 0.1) is 6.54 Å². The van der Waals surface area contributed by atoms with Crippen LogP contribution in [-0.4, -0.2) is 51.2 Å². The average molecular weight is 300 g/mol. The van der Waals surface area contributed by atoms with E-state index in [1.54, 1.807) is 0 Å². The zero-order valence-electron chi connectivity index (χ0n) is 12.8. The monoisotopic (exact) mass is 300 g/mol.